The topological polar surface area (TPSA) is 68.0 Å². The minimum atomic E-state index is -0.286. The van der Waals surface area contributed by atoms with Gasteiger partial charge in [-0.1, -0.05) is 29.3 Å². The third kappa shape index (κ3) is 3.80. The Morgan fingerprint density at radius 3 is 2.82 bits per heavy atom. The number of amides is 1. The van der Waals surface area contributed by atoms with Crippen LogP contribution >= 0.6 is 34.9 Å². The minimum absolute atomic E-state index is 0.286. The summed E-state index contributed by atoms with van der Waals surface area (Å²) in [5, 5.41) is 3.91. The Bertz CT molecular complexity index is 1210. The number of hydrogen-bond acceptors (Lipinski definition) is 5. The monoisotopic (exact) mass is 429 g/mol. The highest BCUT2D eigenvalue weighted by Gasteiger charge is 2.11. The van der Waals surface area contributed by atoms with Gasteiger partial charge in [0, 0.05) is 16.7 Å². The molecule has 0 saturated carbocycles. The van der Waals surface area contributed by atoms with Crippen LogP contribution in [0.15, 0.2) is 53.0 Å². The van der Waals surface area contributed by atoms with Gasteiger partial charge in [0.15, 0.2) is 0 Å². The first-order valence-corrected chi connectivity index (χ1v) is 9.76. The van der Waals surface area contributed by atoms with Crippen molar-refractivity contribution < 1.29 is 9.21 Å². The van der Waals surface area contributed by atoms with E-state index < -0.39 is 0 Å². The molecule has 0 saturated heterocycles. The molecular formula is C20H13Cl2N3O2S. The van der Waals surface area contributed by atoms with Crippen LogP contribution in [0.2, 0.25) is 10.0 Å². The molecule has 0 spiro atoms. The highest BCUT2D eigenvalue weighted by Crippen LogP contribution is 2.32. The lowest BCUT2D eigenvalue weighted by Gasteiger charge is -2.06. The Balaban J connectivity index is 1.51. The summed E-state index contributed by atoms with van der Waals surface area (Å²) < 4.78 is 14.2. The molecule has 1 N–H and O–H groups in total. The summed E-state index contributed by atoms with van der Waals surface area (Å²) in [6.45, 7) is 1.91. The van der Waals surface area contributed by atoms with Crippen LogP contribution in [0, 0.1) is 6.92 Å². The zero-order valence-electron chi connectivity index (χ0n) is 14.6. The number of hydrogen-bond donors (Lipinski definition) is 1. The third-order valence-electron chi connectivity index (χ3n) is 4.11. The SMILES string of the molecule is Cc1ccc2nsnc2c1NC(=O)/C=C/c1ccc(-c2ccc(Cl)cc2Cl)o1. The number of fused-ring (bicyclic) bond motifs is 1. The second kappa shape index (κ2) is 7.75. The standard InChI is InChI=1S/C20H13Cl2N3O2S/c1-11-2-7-16-20(25-28-24-16)19(11)23-18(26)9-5-13-4-8-17(27-13)14-6-3-12(21)10-15(14)22/h2-10H,1H3,(H,23,26)/b9-5+. The summed E-state index contributed by atoms with van der Waals surface area (Å²) in [6.07, 6.45) is 3.00. The zero-order valence-corrected chi connectivity index (χ0v) is 16.9. The molecular weight excluding hydrogens is 417 g/mol. The van der Waals surface area contributed by atoms with Crippen LogP contribution in [0.25, 0.3) is 28.4 Å². The van der Waals surface area contributed by atoms with E-state index in [0.717, 1.165) is 28.4 Å². The van der Waals surface area contributed by atoms with Crippen molar-refractivity contribution in [2.45, 2.75) is 6.92 Å². The van der Waals surface area contributed by atoms with Gasteiger partial charge >= 0.3 is 0 Å². The van der Waals surface area contributed by atoms with Crippen molar-refractivity contribution in [3.63, 3.8) is 0 Å². The van der Waals surface area contributed by atoms with Gasteiger partial charge in [-0.3, -0.25) is 4.79 Å². The van der Waals surface area contributed by atoms with Crippen LogP contribution in [0.4, 0.5) is 5.69 Å². The summed E-state index contributed by atoms with van der Waals surface area (Å²) in [7, 11) is 0. The fraction of sp³-hybridized carbons (Fsp3) is 0.0500. The summed E-state index contributed by atoms with van der Waals surface area (Å²) in [5.74, 6) is 0.836. The Morgan fingerprint density at radius 2 is 2.00 bits per heavy atom. The predicted molar refractivity (Wildman–Crippen MR) is 114 cm³/mol. The van der Waals surface area contributed by atoms with Gasteiger partial charge in [0.2, 0.25) is 5.91 Å². The van der Waals surface area contributed by atoms with Gasteiger partial charge in [-0.2, -0.15) is 8.75 Å². The average Bonchev–Trinajstić information content (AvgIpc) is 3.32. The van der Waals surface area contributed by atoms with E-state index in [2.05, 4.69) is 14.1 Å². The smallest absolute Gasteiger partial charge is 0.248 e. The molecule has 2 heterocycles. The number of anilines is 1. The van der Waals surface area contributed by atoms with Crippen LogP contribution < -0.4 is 5.32 Å². The quantitative estimate of drug-likeness (QED) is 0.391. The number of carbonyl (C=O) groups excluding carboxylic acids is 1. The Morgan fingerprint density at radius 1 is 1.14 bits per heavy atom. The molecule has 0 fully saturated rings. The second-order valence-corrected chi connectivity index (χ2v) is 7.41. The third-order valence-corrected chi connectivity index (χ3v) is 5.20. The first-order valence-electron chi connectivity index (χ1n) is 8.27. The average molecular weight is 430 g/mol. The molecule has 140 valence electrons. The van der Waals surface area contributed by atoms with Crippen molar-refractivity contribution in [1.82, 2.24) is 8.75 Å². The summed E-state index contributed by atoms with van der Waals surface area (Å²) in [4.78, 5) is 12.4. The first kappa shape index (κ1) is 18.7. The van der Waals surface area contributed by atoms with Crippen molar-refractivity contribution in [1.29, 1.82) is 0 Å². The van der Waals surface area contributed by atoms with Crippen molar-refractivity contribution in [2.24, 2.45) is 0 Å². The maximum Gasteiger partial charge on any atom is 0.248 e. The van der Waals surface area contributed by atoms with Gasteiger partial charge in [0.05, 0.1) is 22.4 Å². The van der Waals surface area contributed by atoms with Gasteiger partial charge in [-0.25, -0.2) is 0 Å². The maximum atomic E-state index is 12.4. The summed E-state index contributed by atoms with van der Waals surface area (Å²) in [5.41, 5.74) is 3.75. The molecule has 8 heteroatoms. The van der Waals surface area contributed by atoms with Crippen molar-refractivity contribution in [3.8, 4) is 11.3 Å². The van der Waals surface area contributed by atoms with Crippen LogP contribution in [-0.4, -0.2) is 14.7 Å². The largest absolute Gasteiger partial charge is 0.457 e. The highest BCUT2D eigenvalue weighted by atomic mass is 35.5. The second-order valence-electron chi connectivity index (χ2n) is 6.04. The number of aromatic nitrogens is 2. The molecule has 2 aromatic carbocycles. The van der Waals surface area contributed by atoms with Crippen LogP contribution in [-0.2, 0) is 4.79 Å². The molecule has 0 aliphatic heterocycles. The molecule has 28 heavy (non-hydrogen) atoms. The molecule has 0 aliphatic rings. The van der Waals surface area contributed by atoms with Gasteiger partial charge in [0.25, 0.3) is 0 Å². The molecule has 5 nitrogen and oxygen atoms in total. The number of nitrogens with zero attached hydrogens (tertiary/aromatic N) is 2. The predicted octanol–water partition coefficient (Wildman–Crippen LogP) is 6.22. The van der Waals surface area contributed by atoms with E-state index in [0.29, 0.717) is 32.8 Å². The van der Waals surface area contributed by atoms with E-state index >= 15 is 0 Å². The fourth-order valence-corrected chi connectivity index (χ4v) is 3.75. The molecule has 0 unspecified atom stereocenters. The molecule has 0 atom stereocenters. The molecule has 4 rings (SSSR count). The van der Waals surface area contributed by atoms with Crippen LogP contribution in [0.1, 0.15) is 11.3 Å². The van der Waals surface area contributed by atoms with E-state index in [-0.39, 0.29) is 5.91 Å². The van der Waals surface area contributed by atoms with Gasteiger partial charge in [-0.15, -0.1) is 0 Å². The van der Waals surface area contributed by atoms with Crippen LogP contribution in [0.3, 0.4) is 0 Å². The number of halogens is 2. The summed E-state index contributed by atoms with van der Waals surface area (Å²) >= 11 is 13.2. The lowest BCUT2D eigenvalue weighted by atomic mass is 10.1. The number of furan rings is 1. The van der Waals surface area contributed by atoms with Gasteiger partial charge in [0.1, 0.15) is 22.6 Å². The maximum absolute atomic E-state index is 12.4. The first-order chi connectivity index (χ1) is 13.5. The van der Waals surface area contributed by atoms with E-state index in [1.54, 1.807) is 36.4 Å². The zero-order chi connectivity index (χ0) is 19.7. The fourth-order valence-electron chi connectivity index (χ4n) is 2.71. The Hall–Kier alpha value is -2.67. The molecule has 0 radical (unpaired) electrons. The van der Waals surface area contributed by atoms with Gasteiger partial charge < -0.3 is 9.73 Å². The van der Waals surface area contributed by atoms with E-state index in [9.17, 15) is 4.79 Å². The number of nitrogens with one attached hydrogen (secondary N) is 1. The summed E-state index contributed by atoms with van der Waals surface area (Å²) in [6, 6.07) is 12.5. The van der Waals surface area contributed by atoms with Gasteiger partial charge in [-0.05, 0) is 55.0 Å². The Kier molecular flexibility index (Phi) is 5.17. The molecule has 0 aliphatic carbocycles. The minimum Gasteiger partial charge on any atom is -0.457 e. The van der Waals surface area contributed by atoms with E-state index in [1.807, 2.05) is 19.1 Å². The molecule has 1 amide bonds. The van der Waals surface area contributed by atoms with E-state index in [4.69, 9.17) is 27.6 Å². The highest BCUT2D eigenvalue weighted by molar-refractivity contribution is 7.00. The lowest BCUT2D eigenvalue weighted by molar-refractivity contribution is -0.111. The number of aryl methyl sites for hydroxylation is 1. The number of benzene rings is 2. The molecule has 4 aromatic rings. The lowest BCUT2D eigenvalue weighted by Crippen LogP contribution is -2.09. The normalized spacial score (nSPS) is 11.4. The number of rotatable bonds is 4. The van der Waals surface area contributed by atoms with E-state index in [1.165, 1.54) is 6.08 Å². The van der Waals surface area contributed by atoms with Crippen molar-refractivity contribution in [3.05, 3.63) is 69.9 Å². The Labute approximate surface area is 174 Å². The van der Waals surface area contributed by atoms with Crippen LogP contribution in [0.5, 0.6) is 0 Å². The number of carbonyl (C=O) groups is 1. The molecule has 0 bridgehead atoms. The molecule has 2 aromatic heterocycles. The van der Waals surface area contributed by atoms with Crippen molar-refractivity contribution in [2.75, 3.05) is 5.32 Å². The van der Waals surface area contributed by atoms with Crippen molar-refractivity contribution >= 4 is 63.6 Å².